The number of aliphatic hydroxyl groups is 1. The summed E-state index contributed by atoms with van der Waals surface area (Å²) in [4.78, 5) is 14.5. The summed E-state index contributed by atoms with van der Waals surface area (Å²) in [6, 6.07) is 3.97. The van der Waals surface area contributed by atoms with E-state index in [0.717, 1.165) is 17.7 Å². The number of aromatic nitrogens is 3. The van der Waals surface area contributed by atoms with Crippen molar-refractivity contribution in [1.82, 2.24) is 15.0 Å². The summed E-state index contributed by atoms with van der Waals surface area (Å²) >= 11 is 0. The lowest BCUT2D eigenvalue weighted by molar-refractivity contribution is -0.123. The van der Waals surface area contributed by atoms with Gasteiger partial charge in [0, 0.05) is 12.2 Å². The van der Waals surface area contributed by atoms with Gasteiger partial charge < -0.3 is 10.0 Å². The minimum Gasteiger partial charge on any atom is -0.387 e. The molecule has 23 heavy (non-hydrogen) atoms. The van der Waals surface area contributed by atoms with Crippen LogP contribution in [0.15, 0.2) is 24.4 Å². The summed E-state index contributed by atoms with van der Waals surface area (Å²) in [5.41, 5.74) is 1.88. The van der Waals surface area contributed by atoms with Crippen molar-refractivity contribution < 1.29 is 14.3 Å². The average Bonchev–Trinajstić information content (AvgIpc) is 2.98. The van der Waals surface area contributed by atoms with Crippen LogP contribution in [0.3, 0.4) is 0 Å². The topological polar surface area (TPSA) is 71.2 Å². The third-order valence-corrected chi connectivity index (χ3v) is 4.14. The molecule has 1 aromatic heterocycles. The van der Waals surface area contributed by atoms with E-state index >= 15 is 0 Å². The number of aryl methyl sites for hydroxylation is 1. The SMILES string of the molecule is Cc1cc(F)ccc1N1CCCC(n2cc(C(C)O)nn2)C1=O. The van der Waals surface area contributed by atoms with Gasteiger partial charge in [0.2, 0.25) is 0 Å². The molecule has 1 aliphatic rings. The van der Waals surface area contributed by atoms with Gasteiger partial charge in [-0.1, -0.05) is 5.21 Å². The summed E-state index contributed by atoms with van der Waals surface area (Å²) in [6.07, 6.45) is 2.36. The zero-order valence-corrected chi connectivity index (χ0v) is 13.1. The van der Waals surface area contributed by atoms with Gasteiger partial charge in [-0.2, -0.15) is 0 Å². The lowest BCUT2D eigenvalue weighted by Gasteiger charge is -2.33. The van der Waals surface area contributed by atoms with Gasteiger partial charge in [-0.15, -0.1) is 5.10 Å². The molecule has 6 nitrogen and oxygen atoms in total. The fourth-order valence-electron chi connectivity index (χ4n) is 2.90. The first kappa shape index (κ1) is 15.6. The first-order valence-corrected chi connectivity index (χ1v) is 7.64. The van der Waals surface area contributed by atoms with Crippen molar-refractivity contribution in [2.75, 3.05) is 11.4 Å². The number of piperidine rings is 1. The number of rotatable bonds is 3. The number of aliphatic hydroxyl groups excluding tert-OH is 1. The van der Waals surface area contributed by atoms with Gasteiger partial charge in [-0.3, -0.25) is 4.79 Å². The molecule has 0 spiro atoms. The molecule has 1 saturated heterocycles. The second-order valence-electron chi connectivity index (χ2n) is 5.88. The standard InChI is InChI=1S/C16H19FN4O2/c1-10-8-12(17)5-6-14(10)20-7-3-4-15(16(20)23)21-9-13(11(2)22)18-19-21/h5-6,8-9,11,15,22H,3-4,7H2,1-2H3. The highest BCUT2D eigenvalue weighted by molar-refractivity contribution is 5.97. The molecule has 2 unspecified atom stereocenters. The molecule has 1 amide bonds. The molecule has 3 rings (SSSR count). The van der Waals surface area contributed by atoms with Crippen LogP contribution in [0.2, 0.25) is 0 Å². The molecule has 0 saturated carbocycles. The van der Waals surface area contributed by atoms with E-state index in [1.807, 2.05) is 0 Å². The van der Waals surface area contributed by atoms with Gasteiger partial charge in [-0.05, 0) is 50.5 Å². The van der Waals surface area contributed by atoms with E-state index in [2.05, 4.69) is 10.3 Å². The number of benzene rings is 1. The van der Waals surface area contributed by atoms with E-state index in [0.29, 0.717) is 18.7 Å². The predicted molar refractivity (Wildman–Crippen MR) is 82.4 cm³/mol. The molecular weight excluding hydrogens is 299 g/mol. The van der Waals surface area contributed by atoms with Crippen molar-refractivity contribution in [3.63, 3.8) is 0 Å². The zero-order chi connectivity index (χ0) is 16.6. The lowest BCUT2D eigenvalue weighted by atomic mass is 10.0. The van der Waals surface area contributed by atoms with Gasteiger partial charge >= 0.3 is 0 Å². The smallest absolute Gasteiger partial charge is 0.251 e. The van der Waals surface area contributed by atoms with Crippen LogP contribution in [0.5, 0.6) is 0 Å². The van der Waals surface area contributed by atoms with Crippen molar-refractivity contribution in [2.24, 2.45) is 0 Å². The van der Waals surface area contributed by atoms with E-state index in [1.165, 1.54) is 16.8 Å². The van der Waals surface area contributed by atoms with Crippen LogP contribution in [0.1, 0.15) is 43.2 Å². The summed E-state index contributed by atoms with van der Waals surface area (Å²) in [7, 11) is 0. The highest BCUT2D eigenvalue weighted by Crippen LogP contribution is 2.30. The fourth-order valence-corrected chi connectivity index (χ4v) is 2.90. The Labute approximate surface area is 133 Å². The maximum Gasteiger partial charge on any atom is 0.251 e. The summed E-state index contributed by atoms with van der Waals surface area (Å²) in [5, 5.41) is 17.4. The number of hydrogen-bond donors (Lipinski definition) is 1. The van der Waals surface area contributed by atoms with E-state index in [-0.39, 0.29) is 11.7 Å². The quantitative estimate of drug-likeness (QED) is 0.941. The number of anilines is 1. The molecule has 0 radical (unpaired) electrons. The van der Waals surface area contributed by atoms with Crippen molar-refractivity contribution in [3.05, 3.63) is 41.5 Å². The van der Waals surface area contributed by atoms with Crippen molar-refractivity contribution in [2.45, 2.75) is 38.8 Å². The Morgan fingerprint density at radius 1 is 1.43 bits per heavy atom. The van der Waals surface area contributed by atoms with Crippen LogP contribution in [0, 0.1) is 12.7 Å². The molecule has 2 atom stereocenters. The van der Waals surface area contributed by atoms with Crippen LogP contribution < -0.4 is 4.90 Å². The first-order chi connectivity index (χ1) is 11.0. The summed E-state index contributed by atoms with van der Waals surface area (Å²) in [5.74, 6) is -0.405. The average molecular weight is 318 g/mol. The number of carbonyl (C=O) groups is 1. The number of nitrogens with zero attached hydrogens (tertiary/aromatic N) is 4. The number of halogens is 1. The molecule has 122 valence electrons. The molecule has 0 aliphatic carbocycles. The Bertz CT molecular complexity index is 729. The number of hydrogen-bond acceptors (Lipinski definition) is 4. The first-order valence-electron chi connectivity index (χ1n) is 7.64. The number of carbonyl (C=O) groups excluding carboxylic acids is 1. The molecule has 7 heteroatoms. The molecule has 1 fully saturated rings. The van der Waals surface area contributed by atoms with Crippen molar-refractivity contribution in [3.8, 4) is 0 Å². The van der Waals surface area contributed by atoms with Crippen molar-refractivity contribution in [1.29, 1.82) is 0 Å². The molecular formula is C16H19FN4O2. The molecule has 1 aliphatic heterocycles. The van der Waals surface area contributed by atoms with Crippen LogP contribution in [0.25, 0.3) is 0 Å². The monoisotopic (exact) mass is 318 g/mol. The Hall–Kier alpha value is -2.28. The van der Waals surface area contributed by atoms with E-state index < -0.39 is 12.1 Å². The number of amides is 1. The Balaban J connectivity index is 1.88. The molecule has 2 heterocycles. The van der Waals surface area contributed by atoms with Gasteiger partial charge in [0.15, 0.2) is 0 Å². The van der Waals surface area contributed by atoms with Gasteiger partial charge in [-0.25, -0.2) is 9.07 Å². The van der Waals surface area contributed by atoms with Crippen LogP contribution in [0.4, 0.5) is 10.1 Å². The highest BCUT2D eigenvalue weighted by atomic mass is 19.1. The third kappa shape index (κ3) is 2.96. The fraction of sp³-hybridized carbons (Fsp3) is 0.438. The lowest BCUT2D eigenvalue weighted by Crippen LogP contribution is -2.42. The molecule has 1 aromatic carbocycles. The summed E-state index contributed by atoms with van der Waals surface area (Å²) in [6.45, 7) is 3.99. The van der Waals surface area contributed by atoms with Gasteiger partial charge in [0.25, 0.3) is 5.91 Å². The molecule has 1 N–H and O–H groups in total. The van der Waals surface area contributed by atoms with Gasteiger partial charge in [0.05, 0.1) is 12.3 Å². The maximum absolute atomic E-state index is 13.3. The minimum atomic E-state index is -0.724. The van der Waals surface area contributed by atoms with E-state index in [4.69, 9.17) is 0 Å². The molecule has 0 bridgehead atoms. The minimum absolute atomic E-state index is 0.0898. The van der Waals surface area contributed by atoms with Gasteiger partial charge in [0.1, 0.15) is 17.6 Å². The zero-order valence-electron chi connectivity index (χ0n) is 13.1. The molecule has 2 aromatic rings. The maximum atomic E-state index is 13.3. The van der Waals surface area contributed by atoms with Crippen LogP contribution in [-0.2, 0) is 4.79 Å². The van der Waals surface area contributed by atoms with Crippen molar-refractivity contribution >= 4 is 11.6 Å². The Kier molecular flexibility index (Phi) is 4.12. The largest absolute Gasteiger partial charge is 0.387 e. The Morgan fingerprint density at radius 2 is 2.22 bits per heavy atom. The summed E-state index contributed by atoms with van der Waals surface area (Å²) < 4.78 is 14.8. The van der Waals surface area contributed by atoms with E-state index in [1.54, 1.807) is 31.0 Å². The second kappa shape index (κ2) is 6.08. The predicted octanol–water partition coefficient (Wildman–Crippen LogP) is 2.15. The van der Waals surface area contributed by atoms with Crippen LogP contribution >= 0.6 is 0 Å². The van der Waals surface area contributed by atoms with Crippen LogP contribution in [-0.4, -0.2) is 32.6 Å². The normalized spacial score (nSPS) is 19.9. The van der Waals surface area contributed by atoms with E-state index in [9.17, 15) is 14.3 Å². The second-order valence-corrected chi connectivity index (χ2v) is 5.88. The highest BCUT2D eigenvalue weighted by Gasteiger charge is 2.32. The third-order valence-electron chi connectivity index (χ3n) is 4.14. The Morgan fingerprint density at radius 3 is 2.87 bits per heavy atom.